The van der Waals surface area contributed by atoms with Crippen molar-refractivity contribution in [2.45, 2.75) is 26.2 Å². The molecule has 0 bridgehead atoms. The zero-order valence-electron chi connectivity index (χ0n) is 25.5. The van der Waals surface area contributed by atoms with Crippen molar-refractivity contribution >= 4 is 57.2 Å². The standard InChI is InChI=1S/C41H30BN3/c1-25-13-5-6-14-27(25)29-16-11-19-32-39(29)44-35-23-26(28-15-7-9-21-34(28)43-4)24-37-38(35)42(32)33-20-12-18-31-40(33)45(37)36-22-10-8-17-30(36)41(31,2)3/h5-24,44H,1-3H3. The quantitative estimate of drug-likeness (QED) is 0.164. The fourth-order valence-electron chi connectivity index (χ4n) is 8.12. The van der Waals surface area contributed by atoms with E-state index in [9.17, 15) is 0 Å². The zero-order chi connectivity index (χ0) is 30.4. The van der Waals surface area contributed by atoms with Crippen LogP contribution in [0.15, 0.2) is 121 Å². The van der Waals surface area contributed by atoms with E-state index in [2.05, 4.69) is 139 Å². The molecule has 0 aliphatic carbocycles. The molecule has 0 radical (unpaired) electrons. The lowest BCUT2D eigenvalue weighted by Crippen LogP contribution is -2.61. The lowest BCUT2D eigenvalue weighted by molar-refractivity contribution is 0.632. The lowest BCUT2D eigenvalue weighted by Gasteiger charge is -2.48. The van der Waals surface area contributed by atoms with Gasteiger partial charge in [-0.25, -0.2) is 4.85 Å². The van der Waals surface area contributed by atoms with Gasteiger partial charge in [-0.1, -0.05) is 117 Å². The van der Waals surface area contributed by atoms with Crippen molar-refractivity contribution in [3.63, 3.8) is 0 Å². The minimum Gasteiger partial charge on any atom is -0.356 e. The van der Waals surface area contributed by atoms with Crippen LogP contribution in [-0.2, 0) is 5.41 Å². The second-order valence-electron chi connectivity index (χ2n) is 12.9. The summed E-state index contributed by atoms with van der Waals surface area (Å²) in [6.07, 6.45) is 0. The first-order valence-corrected chi connectivity index (χ1v) is 15.6. The predicted octanol–water partition coefficient (Wildman–Crippen LogP) is 8.88. The average molecular weight is 576 g/mol. The fourth-order valence-corrected chi connectivity index (χ4v) is 8.12. The van der Waals surface area contributed by atoms with Gasteiger partial charge in [-0.2, -0.15) is 0 Å². The van der Waals surface area contributed by atoms with Crippen molar-refractivity contribution < 1.29 is 0 Å². The third-order valence-electron chi connectivity index (χ3n) is 10.2. The first-order chi connectivity index (χ1) is 22.0. The number of nitrogens with one attached hydrogen (secondary N) is 1. The molecule has 0 amide bonds. The maximum Gasteiger partial charge on any atom is 0.252 e. The van der Waals surface area contributed by atoms with Crippen LogP contribution in [0.5, 0.6) is 0 Å². The number of anilines is 5. The Hall–Kier alpha value is -5.53. The number of aryl methyl sites for hydroxylation is 1. The monoisotopic (exact) mass is 575 g/mol. The minimum absolute atomic E-state index is 0.0626. The number of hydrogen-bond acceptors (Lipinski definition) is 2. The highest BCUT2D eigenvalue weighted by Crippen LogP contribution is 2.53. The van der Waals surface area contributed by atoms with Crippen LogP contribution < -0.4 is 26.6 Å². The Balaban J connectivity index is 1.41. The highest BCUT2D eigenvalue weighted by atomic mass is 15.2. The van der Waals surface area contributed by atoms with E-state index in [0.717, 1.165) is 22.5 Å². The summed E-state index contributed by atoms with van der Waals surface area (Å²) in [5.74, 6) is 0. The van der Waals surface area contributed by atoms with Gasteiger partial charge in [0.15, 0.2) is 5.69 Å². The van der Waals surface area contributed by atoms with Gasteiger partial charge in [0.2, 0.25) is 0 Å². The van der Waals surface area contributed by atoms with Crippen molar-refractivity contribution in [2.24, 2.45) is 0 Å². The molecule has 0 saturated carbocycles. The normalized spacial score (nSPS) is 14.4. The molecular weight excluding hydrogens is 545 g/mol. The number of fused-ring (bicyclic) bond motifs is 6. The molecule has 0 spiro atoms. The van der Waals surface area contributed by atoms with Crippen molar-refractivity contribution in [1.82, 2.24) is 0 Å². The van der Waals surface area contributed by atoms with Gasteiger partial charge < -0.3 is 10.2 Å². The zero-order valence-corrected chi connectivity index (χ0v) is 25.5. The Bertz CT molecular complexity index is 2270. The minimum atomic E-state index is -0.161. The lowest BCUT2D eigenvalue weighted by atomic mass is 9.33. The molecule has 6 aromatic rings. The summed E-state index contributed by atoms with van der Waals surface area (Å²) in [6.45, 7) is 14.9. The highest BCUT2D eigenvalue weighted by molar-refractivity contribution is 7.00. The summed E-state index contributed by atoms with van der Waals surface area (Å²) >= 11 is 0. The Kier molecular flexibility index (Phi) is 5.32. The van der Waals surface area contributed by atoms with Crippen LogP contribution in [0.1, 0.15) is 30.5 Å². The van der Waals surface area contributed by atoms with Gasteiger partial charge in [0, 0.05) is 33.7 Å². The van der Waals surface area contributed by atoms with Crippen LogP contribution in [0.2, 0.25) is 0 Å². The van der Waals surface area contributed by atoms with Gasteiger partial charge in [-0.15, -0.1) is 0 Å². The van der Waals surface area contributed by atoms with Gasteiger partial charge in [-0.3, -0.25) is 0 Å². The van der Waals surface area contributed by atoms with Crippen LogP contribution >= 0.6 is 0 Å². The Labute approximate surface area is 264 Å². The maximum absolute atomic E-state index is 7.95. The van der Waals surface area contributed by atoms with Gasteiger partial charge >= 0.3 is 0 Å². The van der Waals surface area contributed by atoms with E-state index in [0.29, 0.717) is 5.69 Å². The summed E-state index contributed by atoms with van der Waals surface area (Å²) in [6, 6.07) is 43.7. The van der Waals surface area contributed by atoms with Crippen LogP contribution in [0.25, 0.3) is 27.1 Å². The number of hydrogen-bond donors (Lipinski definition) is 1. The van der Waals surface area contributed by atoms with E-state index in [4.69, 9.17) is 6.57 Å². The van der Waals surface area contributed by atoms with E-state index in [1.807, 2.05) is 18.2 Å². The van der Waals surface area contributed by atoms with E-state index < -0.39 is 0 Å². The average Bonchev–Trinajstić information content (AvgIpc) is 3.07. The fraction of sp³-hybridized carbons (Fsp3) is 0.0976. The van der Waals surface area contributed by atoms with Crippen molar-refractivity contribution in [2.75, 3.05) is 10.2 Å². The maximum atomic E-state index is 7.95. The van der Waals surface area contributed by atoms with Crippen molar-refractivity contribution in [3.8, 4) is 22.3 Å². The van der Waals surface area contributed by atoms with Gasteiger partial charge in [-0.05, 0) is 74.9 Å². The first-order valence-electron chi connectivity index (χ1n) is 15.6. The summed E-state index contributed by atoms with van der Waals surface area (Å²) in [7, 11) is 0. The molecule has 0 saturated heterocycles. The van der Waals surface area contributed by atoms with E-state index in [-0.39, 0.29) is 12.1 Å². The highest BCUT2D eigenvalue weighted by Gasteiger charge is 2.47. The third kappa shape index (κ3) is 3.47. The SMILES string of the molecule is [C-]#[N+]c1ccccc1-c1cc2c3c(c1)N1c4ccccc4C(C)(C)c4cccc(c41)B3c1cccc(-c3ccccc3C)c1N2. The molecule has 6 aromatic carbocycles. The second-order valence-corrected chi connectivity index (χ2v) is 12.9. The summed E-state index contributed by atoms with van der Waals surface area (Å²) in [5.41, 5.74) is 18.7. The molecule has 0 atom stereocenters. The molecular formula is C41H30BN3. The Morgan fingerprint density at radius 2 is 1.38 bits per heavy atom. The molecule has 1 N–H and O–H groups in total. The second kappa shape index (κ2) is 9.24. The van der Waals surface area contributed by atoms with E-state index >= 15 is 0 Å². The number of para-hydroxylation sites is 4. The topological polar surface area (TPSA) is 19.6 Å². The molecule has 3 aliphatic rings. The van der Waals surface area contributed by atoms with Crippen LogP contribution in [0.3, 0.4) is 0 Å². The Morgan fingerprint density at radius 1 is 0.689 bits per heavy atom. The summed E-state index contributed by atoms with van der Waals surface area (Å²) in [4.78, 5) is 6.42. The van der Waals surface area contributed by atoms with Crippen molar-refractivity contribution in [3.05, 3.63) is 149 Å². The molecule has 0 aromatic heterocycles. The molecule has 9 rings (SSSR count). The third-order valence-corrected chi connectivity index (χ3v) is 10.2. The van der Waals surface area contributed by atoms with Crippen LogP contribution in [0.4, 0.5) is 34.1 Å². The van der Waals surface area contributed by atoms with E-state index in [1.54, 1.807) is 0 Å². The molecule has 45 heavy (non-hydrogen) atoms. The molecule has 3 heterocycles. The molecule has 3 aliphatic heterocycles. The van der Waals surface area contributed by atoms with Crippen molar-refractivity contribution in [1.29, 1.82) is 0 Å². The number of benzene rings is 6. The smallest absolute Gasteiger partial charge is 0.252 e. The summed E-state index contributed by atoms with van der Waals surface area (Å²) in [5, 5.41) is 3.97. The molecule has 3 nitrogen and oxygen atoms in total. The van der Waals surface area contributed by atoms with Gasteiger partial charge in [0.1, 0.15) is 0 Å². The number of nitrogens with zero attached hydrogens (tertiary/aromatic N) is 2. The molecule has 212 valence electrons. The largest absolute Gasteiger partial charge is 0.356 e. The van der Waals surface area contributed by atoms with E-state index in [1.165, 1.54) is 61.3 Å². The Morgan fingerprint density at radius 3 is 2.22 bits per heavy atom. The molecule has 0 unspecified atom stereocenters. The summed E-state index contributed by atoms with van der Waals surface area (Å²) < 4.78 is 0. The van der Waals surface area contributed by atoms with Crippen LogP contribution in [-0.4, -0.2) is 6.71 Å². The predicted molar refractivity (Wildman–Crippen MR) is 190 cm³/mol. The van der Waals surface area contributed by atoms with Gasteiger partial charge in [0.05, 0.1) is 12.3 Å². The molecule has 4 heteroatoms. The first kappa shape index (κ1) is 25.9. The molecule has 0 fully saturated rings. The van der Waals surface area contributed by atoms with Gasteiger partial charge in [0.25, 0.3) is 6.71 Å². The number of rotatable bonds is 2. The van der Waals surface area contributed by atoms with Crippen LogP contribution in [0, 0.1) is 13.5 Å².